The van der Waals surface area contributed by atoms with E-state index in [9.17, 15) is 0 Å². The van der Waals surface area contributed by atoms with E-state index in [1.54, 1.807) is 0 Å². The monoisotopic (exact) mass is 206 g/mol. The Balaban J connectivity index is 2.94. The second-order valence-corrected chi connectivity index (χ2v) is 3.93. The van der Waals surface area contributed by atoms with E-state index in [4.69, 9.17) is 11.6 Å². The van der Waals surface area contributed by atoms with Crippen LogP contribution in [0.4, 0.5) is 0 Å². The Hall–Kier alpha value is -1.15. The van der Waals surface area contributed by atoms with Gasteiger partial charge in [-0.15, -0.1) is 0 Å². The van der Waals surface area contributed by atoms with Crippen molar-refractivity contribution in [2.24, 2.45) is 0 Å². The van der Waals surface area contributed by atoms with Crippen LogP contribution < -0.4 is 0 Å². The SMILES string of the molecule is Cc1cc(Cl)c2nc(C)cc(C)c2n1. The summed E-state index contributed by atoms with van der Waals surface area (Å²) in [5.41, 5.74) is 4.73. The molecule has 0 saturated heterocycles. The molecule has 2 rings (SSSR count). The molecule has 0 atom stereocenters. The highest BCUT2D eigenvalue weighted by Gasteiger charge is 2.06. The quantitative estimate of drug-likeness (QED) is 0.662. The van der Waals surface area contributed by atoms with E-state index in [0.717, 1.165) is 28.0 Å². The van der Waals surface area contributed by atoms with Crippen LogP contribution in [0.1, 0.15) is 17.0 Å². The number of fused-ring (bicyclic) bond motifs is 1. The molecular formula is C11H11ClN2. The number of aryl methyl sites for hydroxylation is 3. The van der Waals surface area contributed by atoms with Gasteiger partial charge < -0.3 is 0 Å². The first-order valence-corrected chi connectivity index (χ1v) is 4.87. The fourth-order valence-corrected chi connectivity index (χ4v) is 1.89. The van der Waals surface area contributed by atoms with Crippen molar-refractivity contribution in [2.45, 2.75) is 20.8 Å². The van der Waals surface area contributed by atoms with Crippen LogP contribution in [-0.2, 0) is 0 Å². The second-order valence-electron chi connectivity index (χ2n) is 3.52. The molecule has 2 nitrogen and oxygen atoms in total. The predicted molar refractivity (Wildman–Crippen MR) is 58.8 cm³/mol. The van der Waals surface area contributed by atoms with E-state index in [1.807, 2.05) is 32.9 Å². The van der Waals surface area contributed by atoms with Crippen molar-refractivity contribution >= 4 is 22.6 Å². The Morgan fingerprint density at radius 3 is 2.21 bits per heavy atom. The van der Waals surface area contributed by atoms with Crippen molar-refractivity contribution in [1.82, 2.24) is 9.97 Å². The summed E-state index contributed by atoms with van der Waals surface area (Å²) in [6.07, 6.45) is 0. The van der Waals surface area contributed by atoms with Crippen molar-refractivity contribution in [1.29, 1.82) is 0 Å². The average Bonchev–Trinajstić information content (AvgIpc) is 2.07. The van der Waals surface area contributed by atoms with Gasteiger partial charge in [0.15, 0.2) is 0 Å². The summed E-state index contributed by atoms with van der Waals surface area (Å²) in [4.78, 5) is 8.81. The van der Waals surface area contributed by atoms with E-state index in [2.05, 4.69) is 9.97 Å². The van der Waals surface area contributed by atoms with Crippen LogP contribution in [0, 0.1) is 20.8 Å². The molecule has 0 aliphatic carbocycles. The van der Waals surface area contributed by atoms with E-state index in [0.29, 0.717) is 5.02 Å². The fourth-order valence-electron chi connectivity index (χ4n) is 1.60. The minimum absolute atomic E-state index is 0.680. The highest BCUT2D eigenvalue weighted by molar-refractivity contribution is 6.34. The average molecular weight is 207 g/mol. The standard InChI is InChI=1S/C11H11ClN2/c1-6-4-7(2)14-11-9(12)5-8(3)13-10(6)11/h4-5H,1-3H3. The predicted octanol–water partition coefficient (Wildman–Crippen LogP) is 3.21. The molecule has 0 aromatic carbocycles. The molecule has 72 valence electrons. The molecule has 0 fully saturated rings. The molecule has 3 heteroatoms. The van der Waals surface area contributed by atoms with E-state index in [1.165, 1.54) is 0 Å². The zero-order valence-electron chi connectivity index (χ0n) is 8.43. The van der Waals surface area contributed by atoms with Gasteiger partial charge in [-0.1, -0.05) is 11.6 Å². The van der Waals surface area contributed by atoms with Crippen molar-refractivity contribution in [3.63, 3.8) is 0 Å². The van der Waals surface area contributed by atoms with Crippen LogP contribution in [0.3, 0.4) is 0 Å². The Morgan fingerprint density at radius 1 is 0.929 bits per heavy atom. The number of halogens is 1. The van der Waals surface area contributed by atoms with Crippen LogP contribution >= 0.6 is 11.6 Å². The normalized spacial score (nSPS) is 10.9. The molecule has 0 bridgehead atoms. The Labute approximate surface area is 88.0 Å². The number of hydrogen-bond donors (Lipinski definition) is 0. The van der Waals surface area contributed by atoms with Crippen LogP contribution in [0.5, 0.6) is 0 Å². The lowest BCUT2D eigenvalue weighted by Gasteiger charge is -2.05. The molecule has 14 heavy (non-hydrogen) atoms. The molecule has 2 aromatic rings. The number of hydrogen-bond acceptors (Lipinski definition) is 2. The number of nitrogens with zero attached hydrogens (tertiary/aromatic N) is 2. The Morgan fingerprint density at radius 2 is 1.50 bits per heavy atom. The summed E-state index contributed by atoms with van der Waals surface area (Å²) in [6.45, 7) is 5.92. The maximum atomic E-state index is 6.10. The lowest BCUT2D eigenvalue weighted by atomic mass is 10.2. The van der Waals surface area contributed by atoms with Gasteiger partial charge in [-0.2, -0.15) is 0 Å². The summed E-state index contributed by atoms with van der Waals surface area (Å²) < 4.78 is 0. The van der Waals surface area contributed by atoms with Gasteiger partial charge in [-0.25, -0.2) is 4.98 Å². The summed E-state index contributed by atoms with van der Waals surface area (Å²) in [7, 11) is 0. The largest absolute Gasteiger partial charge is 0.251 e. The van der Waals surface area contributed by atoms with Gasteiger partial charge in [0, 0.05) is 11.4 Å². The highest BCUT2D eigenvalue weighted by atomic mass is 35.5. The topological polar surface area (TPSA) is 25.8 Å². The molecule has 0 aliphatic rings. The maximum Gasteiger partial charge on any atom is 0.108 e. The first kappa shape index (κ1) is 9.41. The van der Waals surface area contributed by atoms with Crippen molar-refractivity contribution in [3.8, 4) is 0 Å². The molecular weight excluding hydrogens is 196 g/mol. The zero-order chi connectivity index (χ0) is 10.3. The molecule has 0 saturated carbocycles. The zero-order valence-corrected chi connectivity index (χ0v) is 9.18. The van der Waals surface area contributed by atoms with Crippen LogP contribution in [-0.4, -0.2) is 9.97 Å². The lowest BCUT2D eigenvalue weighted by molar-refractivity contribution is 1.18. The molecule has 0 amide bonds. The third kappa shape index (κ3) is 1.46. The Bertz CT molecular complexity index is 459. The van der Waals surface area contributed by atoms with Crippen LogP contribution in [0.25, 0.3) is 11.0 Å². The summed E-state index contributed by atoms with van der Waals surface area (Å²) in [5, 5.41) is 0.680. The smallest absolute Gasteiger partial charge is 0.108 e. The van der Waals surface area contributed by atoms with Gasteiger partial charge in [-0.3, -0.25) is 4.98 Å². The van der Waals surface area contributed by atoms with Crippen molar-refractivity contribution in [2.75, 3.05) is 0 Å². The lowest BCUT2D eigenvalue weighted by Crippen LogP contribution is -1.93. The van der Waals surface area contributed by atoms with Gasteiger partial charge in [0.05, 0.1) is 10.5 Å². The first-order chi connectivity index (χ1) is 6.58. The molecule has 0 spiro atoms. The summed E-state index contributed by atoms with van der Waals surface area (Å²) in [6, 6.07) is 3.86. The van der Waals surface area contributed by atoms with E-state index in [-0.39, 0.29) is 0 Å². The highest BCUT2D eigenvalue weighted by Crippen LogP contribution is 2.23. The molecule has 0 aliphatic heterocycles. The van der Waals surface area contributed by atoms with Gasteiger partial charge >= 0.3 is 0 Å². The number of pyridine rings is 2. The minimum Gasteiger partial charge on any atom is -0.251 e. The molecule has 2 aromatic heterocycles. The second kappa shape index (κ2) is 3.21. The molecule has 0 unspecified atom stereocenters. The number of rotatable bonds is 0. The van der Waals surface area contributed by atoms with Gasteiger partial charge in [0.1, 0.15) is 5.52 Å². The van der Waals surface area contributed by atoms with Crippen LogP contribution in [0.2, 0.25) is 5.02 Å². The maximum absolute atomic E-state index is 6.10. The van der Waals surface area contributed by atoms with E-state index < -0.39 is 0 Å². The van der Waals surface area contributed by atoms with Crippen molar-refractivity contribution < 1.29 is 0 Å². The van der Waals surface area contributed by atoms with Gasteiger partial charge in [0.2, 0.25) is 0 Å². The molecule has 0 radical (unpaired) electrons. The van der Waals surface area contributed by atoms with Gasteiger partial charge in [0.25, 0.3) is 0 Å². The van der Waals surface area contributed by atoms with Crippen molar-refractivity contribution in [3.05, 3.63) is 34.1 Å². The summed E-state index contributed by atoms with van der Waals surface area (Å²) in [5.74, 6) is 0. The van der Waals surface area contributed by atoms with E-state index >= 15 is 0 Å². The fraction of sp³-hybridized carbons (Fsp3) is 0.273. The minimum atomic E-state index is 0.680. The van der Waals surface area contributed by atoms with Gasteiger partial charge in [-0.05, 0) is 38.5 Å². The number of aromatic nitrogens is 2. The summed E-state index contributed by atoms with van der Waals surface area (Å²) >= 11 is 6.10. The first-order valence-electron chi connectivity index (χ1n) is 4.49. The Kier molecular flexibility index (Phi) is 2.16. The third-order valence-electron chi connectivity index (χ3n) is 2.16. The molecule has 0 N–H and O–H groups in total. The van der Waals surface area contributed by atoms with Crippen LogP contribution in [0.15, 0.2) is 12.1 Å². The molecule has 2 heterocycles. The third-order valence-corrected chi connectivity index (χ3v) is 2.45.